The number of nitrogens with zero attached hydrogens (tertiary/aromatic N) is 1. The fourth-order valence-electron chi connectivity index (χ4n) is 2.68. The number of hydrogen-bond donors (Lipinski definition) is 0. The summed E-state index contributed by atoms with van der Waals surface area (Å²) in [7, 11) is 0. The van der Waals surface area contributed by atoms with Crippen LogP contribution in [0.2, 0.25) is 5.02 Å². The van der Waals surface area contributed by atoms with Gasteiger partial charge in [0.25, 0.3) is 0 Å². The van der Waals surface area contributed by atoms with E-state index in [4.69, 9.17) is 21.1 Å². The van der Waals surface area contributed by atoms with E-state index in [0.29, 0.717) is 16.5 Å². The maximum atomic E-state index is 11.4. The summed E-state index contributed by atoms with van der Waals surface area (Å²) in [6, 6.07) is 21.4. The van der Waals surface area contributed by atoms with Gasteiger partial charge in [0, 0.05) is 34.2 Å². The summed E-state index contributed by atoms with van der Waals surface area (Å²) in [5.41, 5.74) is 2.52. The molecule has 0 saturated heterocycles. The molecule has 0 spiro atoms. The van der Waals surface area contributed by atoms with E-state index in [9.17, 15) is 9.59 Å². The Hall–Kier alpha value is -3.83. The molecule has 0 aromatic heterocycles. The van der Waals surface area contributed by atoms with Crippen LogP contribution in [0.1, 0.15) is 0 Å². The molecule has 0 aliphatic heterocycles. The average molecular weight is 420 g/mol. The molecule has 0 radical (unpaired) electrons. The van der Waals surface area contributed by atoms with Crippen LogP contribution < -0.4 is 14.4 Å². The van der Waals surface area contributed by atoms with Gasteiger partial charge in [-0.05, 0) is 72.8 Å². The van der Waals surface area contributed by atoms with Crippen molar-refractivity contribution < 1.29 is 19.1 Å². The van der Waals surface area contributed by atoms with Gasteiger partial charge in [-0.1, -0.05) is 24.8 Å². The van der Waals surface area contributed by atoms with Crippen LogP contribution in [0.3, 0.4) is 0 Å². The van der Waals surface area contributed by atoms with E-state index < -0.39 is 11.9 Å². The maximum absolute atomic E-state index is 11.4. The second kappa shape index (κ2) is 9.58. The quantitative estimate of drug-likeness (QED) is 0.267. The van der Waals surface area contributed by atoms with E-state index in [1.54, 1.807) is 36.4 Å². The molecule has 0 unspecified atom stereocenters. The minimum atomic E-state index is -0.526. The summed E-state index contributed by atoms with van der Waals surface area (Å²) >= 11 is 6.04. The highest BCUT2D eigenvalue weighted by Crippen LogP contribution is 2.36. The van der Waals surface area contributed by atoms with E-state index in [1.807, 2.05) is 41.3 Å². The van der Waals surface area contributed by atoms with Crippen molar-refractivity contribution in [1.29, 1.82) is 0 Å². The van der Waals surface area contributed by atoms with Gasteiger partial charge >= 0.3 is 11.9 Å². The van der Waals surface area contributed by atoms with Gasteiger partial charge in [0.2, 0.25) is 0 Å². The van der Waals surface area contributed by atoms with Crippen molar-refractivity contribution in [2.45, 2.75) is 0 Å². The lowest BCUT2D eigenvalue weighted by molar-refractivity contribution is -0.129. The van der Waals surface area contributed by atoms with Crippen molar-refractivity contribution in [3.05, 3.63) is 103 Å². The van der Waals surface area contributed by atoms with E-state index in [0.717, 1.165) is 29.2 Å². The van der Waals surface area contributed by atoms with E-state index in [1.165, 1.54) is 0 Å². The topological polar surface area (TPSA) is 55.8 Å². The Morgan fingerprint density at radius 3 is 1.33 bits per heavy atom. The molecule has 0 bridgehead atoms. The Kier molecular flexibility index (Phi) is 6.67. The summed E-state index contributed by atoms with van der Waals surface area (Å²) in [5.74, 6) is -0.235. The summed E-state index contributed by atoms with van der Waals surface area (Å²) in [6.45, 7) is 6.78. The lowest BCUT2D eigenvalue weighted by Gasteiger charge is -2.25. The third-order valence-corrected chi connectivity index (χ3v) is 4.30. The van der Waals surface area contributed by atoms with Crippen molar-refractivity contribution in [3.63, 3.8) is 0 Å². The van der Waals surface area contributed by atoms with Gasteiger partial charge in [-0.15, -0.1) is 0 Å². The monoisotopic (exact) mass is 419 g/mol. The summed E-state index contributed by atoms with van der Waals surface area (Å²) in [4.78, 5) is 24.8. The second-order valence-electron chi connectivity index (χ2n) is 6.05. The minimum absolute atomic E-state index is 0.409. The SMILES string of the molecule is C=CC(=O)Oc1ccc(N(c2ccc(Cl)cc2)c2ccc(OC(=O)C=C)cc2)cc1. The number of esters is 2. The van der Waals surface area contributed by atoms with Crippen LogP contribution in [-0.4, -0.2) is 11.9 Å². The van der Waals surface area contributed by atoms with Gasteiger partial charge in [-0.25, -0.2) is 9.59 Å². The average Bonchev–Trinajstić information content (AvgIpc) is 2.77. The second-order valence-corrected chi connectivity index (χ2v) is 6.49. The predicted molar refractivity (Wildman–Crippen MR) is 118 cm³/mol. The molecular formula is C24H18ClNO4. The molecule has 30 heavy (non-hydrogen) atoms. The van der Waals surface area contributed by atoms with Crippen LogP contribution >= 0.6 is 11.6 Å². The smallest absolute Gasteiger partial charge is 0.335 e. The first-order chi connectivity index (χ1) is 14.5. The molecule has 0 saturated carbocycles. The van der Waals surface area contributed by atoms with Crippen molar-refractivity contribution >= 4 is 40.6 Å². The largest absolute Gasteiger partial charge is 0.423 e. The zero-order chi connectivity index (χ0) is 21.5. The molecule has 0 atom stereocenters. The highest BCUT2D eigenvalue weighted by molar-refractivity contribution is 6.30. The van der Waals surface area contributed by atoms with Gasteiger partial charge < -0.3 is 14.4 Å². The Morgan fingerprint density at radius 2 is 1.00 bits per heavy atom. The number of halogens is 1. The number of carbonyl (C=O) groups excluding carboxylic acids is 2. The number of hydrogen-bond acceptors (Lipinski definition) is 5. The summed E-state index contributed by atoms with van der Waals surface area (Å²) < 4.78 is 10.3. The highest BCUT2D eigenvalue weighted by atomic mass is 35.5. The molecule has 0 aliphatic rings. The van der Waals surface area contributed by atoms with Crippen LogP contribution in [-0.2, 0) is 9.59 Å². The van der Waals surface area contributed by atoms with Crippen molar-refractivity contribution in [1.82, 2.24) is 0 Å². The predicted octanol–water partition coefficient (Wildman–Crippen LogP) is 5.99. The van der Waals surface area contributed by atoms with Crippen LogP contribution in [0.15, 0.2) is 98.1 Å². The minimum Gasteiger partial charge on any atom is -0.423 e. The van der Waals surface area contributed by atoms with Gasteiger partial charge in [0.1, 0.15) is 11.5 Å². The molecular weight excluding hydrogens is 402 g/mol. The molecule has 6 heteroatoms. The number of anilines is 3. The molecule has 0 amide bonds. The number of benzene rings is 3. The van der Waals surface area contributed by atoms with Crippen LogP contribution in [0.25, 0.3) is 0 Å². The molecule has 150 valence electrons. The first kappa shape index (κ1) is 20.9. The van der Waals surface area contributed by atoms with Crippen molar-refractivity contribution in [2.75, 3.05) is 4.90 Å². The maximum Gasteiger partial charge on any atom is 0.335 e. The third-order valence-electron chi connectivity index (χ3n) is 4.04. The molecule has 5 nitrogen and oxygen atoms in total. The molecule has 0 fully saturated rings. The number of rotatable bonds is 7. The molecule has 0 aliphatic carbocycles. The van der Waals surface area contributed by atoms with Gasteiger partial charge in [-0.2, -0.15) is 0 Å². The molecule has 0 N–H and O–H groups in total. The fourth-order valence-corrected chi connectivity index (χ4v) is 2.81. The summed E-state index contributed by atoms with van der Waals surface area (Å²) in [6.07, 6.45) is 2.21. The normalized spacial score (nSPS) is 10.0. The Balaban J connectivity index is 1.96. The first-order valence-electron chi connectivity index (χ1n) is 8.94. The lowest BCUT2D eigenvalue weighted by atomic mass is 10.2. The third kappa shape index (κ3) is 5.16. The number of carbonyl (C=O) groups is 2. The Labute approximate surface area is 179 Å². The Morgan fingerprint density at radius 1 is 0.667 bits per heavy atom. The molecule has 0 heterocycles. The van der Waals surface area contributed by atoms with Gasteiger partial charge in [0.05, 0.1) is 0 Å². The van der Waals surface area contributed by atoms with Gasteiger partial charge in [0.15, 0.2) is 0 Å². The first-order valence-corrected chi connectivity index (χ1v) is 9.32. The highest BCUT2D eigenvalue weighted by Gasteiger charge is 2.13. The lowest BCUT2D eigenvalue weighted by Crippen LogP contribution is -2.10. The van der Waals surface area contributed by atoms with E-state index in [-0.39, 0.29) is 0 Å². The molecule has 3 rings (SSSR count). The Bertz CT molecular complexity index is 992. The summed E-state index contributed by atoms with van der Waals surface area (Å²) in [5, 5.41) is 0.622. The van der Waals surface area contributed by atoms with Crippen LogP contribution in [0, 0.1) is 0 Å². The van der Waals surface area contributed by atoms with Gasteiger partial charge in [-0.3, -0.25) is 0 Å². The van der Waals surface area contributed by atoms with E-state index in [2.05, 4.69) is 13.2 Å². The number of ether oxygens (including phenoxy) is 2. The van der Waals surface area contributed by atoms with Crippen LogP contribution in [0.4, 0.5) is 17.1 Å². The standard InChI is InChI=1S/C24H18ClNO4/c1-3-23(27)29-21-13-9-19(10-14-21)26(18-7-5-17(25)6-8-18)20-11-15-22(16-12-20)30-24(28)4-2/h3-16H,1-2H2. The molecule has 3 aromatic rings. The van der Waals surface area contributed by atoms with Crippen LogP contribution in [0.5, 0.6) is 11.5 Å². The van der Waals surface area contributed by atoms with Crippen molar-refractivity contribution in [3.8, 4) is 11.5 Å². The zero-order valence-corrected chi connectivity index (χ0v) is 16.7. The van der Waals surface area contributed by atoms with Crippen molar-refractivity contribution in [2.24, 2.45) is 0 Å². The fraction of sp³-hybridized carbons (Fsp3) is 0. The molecule has 3 aromatic carbocycles. The zero-order valence-electron chi connectivity index (χ0n) is 16.0. The van der Waals surface area contributed by atoms with E-state index >= 15 is 0 Å².